The maximum atomic E-state index is 12.6. The Morgan fingerprint density at radius 3 is 2.38 bits per heavy atom. The Hall–Kier alpha value is -1.10. The highest BCUT2D eigenvalue weighted by molar-refractivity contribution is 5.85. The average molecular weight is 299 g/mol. The van der Waals surface area contributed by atoms with Crippen molar-refractivity contribution < 1.29 is 19.4 Å². The summed E-state index contributed by atoms with van der Waals surface area (Å²) in [5.41, 5.74) is -0.853. The molecule has 1 rings (SSSR count). The summed E-state index contributed by atoms with van der Waals surface area (Å²) in [5, 5.41) is 9.60. The molecule has 1 N–H and O–H groups in total. The zero-order valence-corrected chi connectivity index (χ0v) is 13.6. The summed E-state index contributed by atoms with van der Waals surface area (Å²) in [7, 11) is 1.61. The summed E-state index contributed by atoms with van der Waals surface area (Å²) in [6.07, 6.45) is 5.09. The average Bonchev–Trinajstić information content (AvgIpc) is 2.48. The number of ether oxygens (including phenoxy) is 1. The molecular formula is C16H29NO4. The van der Waals surface area contributed by atoms with Crippen LogP contribution in [0.4, 0.5) is 0 Å². The molecule has 1 amide bonds. The van der Waals surface area contributed by atoms with Gasteiger partial charge in [0.05, 0.1) is 12.0 Å². The normalized spacial score (nSPS) is 19.0. The zero-order chi connectivity index (χ0) is 15.9. The van der Waals surface area contributed by atoms with Gasteiger partial charge < -0.3 is 14.7 Å². The van der Waals surface area contributed by atoms with E-state index in [1.807, 2.05) is 13.8 Å². The molecule has 0 radical (unpaired) electrons. The topological polar surface area (TPSA) is 66.8 Å². The van der Waals surface area contributed by atoms with Gasteiger partial charge in [0.25, 0.3) is 0 Å². The minimum atomic E-state index is -0.853. The summed E-state index contributed by atoms with van der Waals surface area (Å²) in [6, 6.07) is 0.113. The quantitative estimate of drug-likeness (QED) is 0.748. The molecule has 0 aromatic carbocycles. The number of carboxylic acids is 1. The van der Waals surface area contributed by atoms with Gasteiger partial charge in [-0.2, -0.15) is 0 Å². The van der Waals surface area contributed by atoms with E-state index in [9.17, 15) is 14.7 Å². The Morgan fingerprint density at radius 2 is 1.90 bits per heavy atom. The lowest BCUT2D eigenvalue weighted by atomic mass is 9.71. The third kappa shape index (κ3) is 4.70. The molecule has 5 nitrogen and oxygen atoms in total. The molecule has 0 aliphatic heterocycles. The standard InChI is InChI=1S/C16H29NO4/c1-4-13(2)17(10-11-21-3)14(18)12-16(15(19)20)8-6-5-7-9-16/h13H,4-12H2,1-3H3,(H,19,20). The number of amides is 1. The van der Waals surface area contributed by atoms with Crippen molar-refractivity contribution in [2.24, 2.45) is 5.41 Å². The highest BCUT2D eigenvalue weighted by Crippen LogP contribution is 2.40. The third-order valence-corrected chi connectivity index (χ3v) is 4.73. The number of carbonyl (C=O) groups is 2. The van der Waals surface area contributed by atoms with E-state index in [1.165, 1.54) is 0 Å². The van der Waals surface area contributed by atoms with Crippen molar-refractivity contribution >= 4 is 11.9 Å². The van der Waals surface area contributed by atoms with Crippen molar-refractivity contribution in [3.8, 4) is 0 Å². The lowest BCUT2D eigenvalue weighted by molar-refractivity contribution is -0.156. The number of carbonyl (C=O) groups excluding carboxylic acids is 1. The first kappa shape index (κ1) is 18.0. The maximum Gasteiger partial charge on any atom is 0.310 e. The van der Waals surface area contributed by atoms with Gasteiger partial charge in [0.2, 0.25) is 5.91 Å². The van der Waals surface area contributed by atoms with E-state index >= 15 is 0 Å². The first-order valence-electron chi connectivity index (χ1n) is 7.98. The van der Waals surface area contributed by atoms with Gasteiger partial charge in [0, 0.05) is 26.1 Å². The lowest BCUT2D eigenvalue weighted by Crippen LogP contribution is -2.45. The van der Waals surface area contributed by atoms with Gasteiger partial charge in [-0.3, -0.25) is 9.59 Å². The van der Waals surface area contributed by atoms with Gasteiger partial charge in [-0.1, -0.05) is 26.2 Å². The van der Waals surface area contributed by atoms with Crippen LogP contribution in [0.5, 0.6) is 0 Å². The van der Waals surface area contributed by atoms with E-state index in [-0.39, 0.29) is 18.4 Å². The minimum absolute atomic E-state index is 0.0503. The SMILES string of the molecule is CCC(C)N(CCOC)C(=O)CC1(C(=O)O)CCCCC1. The number of hydrogen-bond donors (Lipinski definition) is 1. The molecule has 21 heavy (non-hydrogen) atoms. The number of methoxy groups -OCH3 is 1. The Bertz CT molecular complexity index is 350. The van der Waals surface area contributed by atoms with E-state index < -0.39 is 11.4 Å². The fraction of sp³-hybridized carbons (Fsp3) is 0.875. The van der Waals surface area contributed by atoms with Crippen molar-refractivity contribution in [2.45, 2.75) is 64.8 Å². The van der Waals surface area contributed by atoms with E-state index in [2.05, 4.69) is 0 Å². The van der Waals surface area contributed by atoms with Crippen LogP contribution in [0.3, 0.4) is 0 Å². The summed E-state index contributed by atoms with van der Waals surface area (Å²) < 4.78 is 5.07. The fourth-order valence-electron chi connectivity index (χ4n) is 3.09. The summed E-state index contributed by atoms with van der Waals surface area (Å²) >= 11 is 0. The molecule has 0 aromatic heterocycles. The van der Waals surface area contributed by atoms with Crippen LogP contribution in [0.1, 0.15) is 58.8 Å². The fourth-order valence-corrected chi connectivity index (χ4v) is 3.09. The van der Waals surface area contributed by atoms with Gasteiger partial charge in [-0.15, -0.1) is 0 Å². The largest absolute Gasteiger partial charge is 0.481 e. The molecule has 1 fully saturated rings. The molecule has 1 aliphatic carbocycles. The molecule has 0 spiro atoms. The molecule has 1 saturated carbocycles. The molecule has 0 bridgehead atoms. The predicted molar refractivity (Wildman–Crippen MR) is 81.1 cm³/mol. The number of nitrogens with zero attached hydrogens (tertiary/aromatic N) is 1. The van der Waals surface area contributed by atoms with Crippen LogP contribution in [-0.2, 0) is 14.3 Å². The Morgan fingerprint density at radius 1 is 1.29 bits per heavy atom. The van der Waals surface area contributed by atoms with E-state index in [0.29, 0.717) is 26.0 Å². The number of hydrogen-bond acceptors (Lipinski definition) is 3. The molecule has 0 heterocycles. The van der Waals surface area contributed by atoms with Gasteiger partial charge in [-0.05, 0) is 26.2 Å². The summed E-state index contributed by atoms with van der Waals surface area (Å²) in [4.78, 5) is 26.1. The number of rotatable bonds is 8. The van der Waals surface area contributed by atoms with Crippen LogP contribution in [0.2, 0.25) is 0 Å². The third-order valence-electron chi connectivity index (χ3n) is 4.73. The summed E-state index contributed by atoms with van der Waals surface area (Å²) in [5.74, 6) is -0.864. The second-order valence-electron chi connectivity index (χ2n) is 6.16. The van der Waals surface area contributed by atoms with Crippen LogP contribution in [-0.4, -0.2) is 48.2 Å². The molecular weight excluding hydrogens is 270 g/mol. The number of carboxylic acid groups (broad SMARTS) is 1. The lowest BCUT2D eigenvalue weighted by Gasteiger charge is -2.36. The van der Waals surface area contributed by atoms with Crippen molar-refractivity contribution in [1.82, 2.24) is 4.90 Å². The van der Waals surface area contributed by atoms with Crippen LogP contribution >= 0.6 is 0 Å². The minimum Gasteiger partial charge on any atom is -0.481 e. The van der Waals surface area contributed by atoms with Crippen LogP contribution < -0.4 is 0 Å². The van der Waals surface area contributed by atoms with Crippen molar-refractivity contribution in [3.63, 3.8) is 0 Å². The Labute approximate surface area is 127 Å². The molecule has 122 valence electrons. The van der Waals surface area contributed by atoms with E-state index in [0.717, 1.165) is 25.7 Å². The molecule has 1 atom stereocenters. The second-order valence-corrected chi connectivity index (χ2v) is 6.16. The van der Waals surface area contributed by atoms with Crippen molar-refractivity contribution in [2.75, 3.05) is 20.3 Å². The molecule has 0 saturated heterocycles. The summed E-state index contributed by atoms with van der Waals surface area (Å²) in [6.45, 7) is 5.05. The highest BCUT2D eigenvalue weighted by Gasteiger charge is 2.42. The molecule has 0 aromatic rings. The second kappa shape index (κ2) is 8.37. The van der Waals surface area contributed by atoms with Crippen LogP contribution in [0.25, 0.3) is 0 Å². The van der Waals surface area contributed by atoms with Crippen molar-refractivity contribution in [3.05, 3.63) is 0 Å². The van der Waals surface area contributed by atoms with Gasteiger partial charge in [-0.25, -0.2) is 0 Å². The van der Waals surface area contributed by atoms with E-state index in [1.54, 1.807) is 12.0 Å². The van der Waals surface area contributed by atoms with Crippen LogP contribution in [0.15, 0.2) is 0 Å². The van der Waals surface area contributed by atoms with Gasteiger partial charge >= 0.3 is 5.97 Å². The molecule has 1 aliphatic rings. The van der Waals surface area contributed by atoms with Gasteiger partial charge in [0.15, 0.2) is 0 Å². The smallest absolute Gasteiger partial charge is 0.310 e. The maximum absolute atomic E-state index is 12.6. The number of aliphatic carboxylic acids is 1. The van der Waals surface area contributed by atoms with Crippen molar-refractivity contribution in [1.29, 1.82) is 0 Å². The molecule has 5 heteroatoms. The zero-order valence-electron chi connectivity index (χ0n) is 13.6. The van der Waals surface area contributed by atoms with Crippen LogP contribution in [0, 0.1) is 5.41 Å². The first-order chi connectivity index (χ1) is 9.96. The first-order valence-corrected chi connectivity index (χ1v) is 7.98. The molecule has 1 unspecified atom stereocenters. The van der Waals surface area contributed by atoms with Gasteiger partial charge in [0.1, 0.15) is 0 Å². The Kier molecular flexibility index (Phi) is 7.15. The predicted octanol–water partition coefficient (Wildman–Crippen LogP) is 2.69. The Balaban J connectivity index is 2.79. The monoisotopic (exact) mass is 299 g/mol. The highest BCUT2D eigenvalue weighted by atomic mass is 16.5. The van der Waals surface area contributed by atoms with E-state index in [4.69, 9.17) is 4.74 Å².